The lowest BCUT2D eigenvalue weighted by Crippen LogP contribution is -1.72. The molecule has 0 bridgehead atoms. The molecule has 0 heterocycles. The van der Waals surface area contributed by atoms with Gasteiger partial charge < -0.3 is 5.11 Å². The summed E-state index contributed by atoms with van der Waals surface area (Å²) in [4.78, 5) is 0. The normalized spacial score (nSPS) is 8.00. The zero-order valence-electron chi connectivity index (χ0n) is 6.04. The quantitative estimate of drug-likeness (QED) is 0.436. The summed E-state index contributed by atoms with van der Waals surface area (Å²) in [5.41, 5.74) is 0.878. The first-order valence-electron chi connectivity index (χ1n) is 3.24. The van der Waals surface area contributed by atoms with Crippen molar-refractivity contribution in [2.75, 3.05) is 0 Å². The van der Waals surface area contributed by atoms with Crippen LogP contribution in [0.4, 0.5) is 0 Å². The molecule has 54 valence electrons. The smallest absolute Gasteiger partial charge is 0.160 e. The molecule has 0 saturated heterocycles. The topological polar surface area (TPSA) is 20.2 Å². The molecule has 1 aromatic carbocycles. The van der Waals surface area contributed by atoms with Gasteiger partial charge in [-0.05, 0) is 24.6 Å². The number of aliphatic hydroxyl groups is 1. The van der Waals surface area contributed by atoms with Gasteiger partial charge in [0.05, 0.1) is 0 Å². The molecule has 0 radical (unpaired) electrons. The second kappa shape index (κ2) is 3.48. The van der Waals surface area contributed by atoms with Crippen LogP contribution < -0.4 is 0 Å². The maximum Gasteiger partial charge on any atom is 0.160 e. The van der Waals surface area contributed by atoms with Crippen molar-refractivity contribution < 1.29 is 5.11 Å². The maximum absolute atomic E-state index is 8.65. The summed E-state index contributed by atoms with van der Waals surface area (Å²) in [6, 6.07) is 9.44. The minimum Gasteiger partial charge on any atom is -0.501 e. The summed E-state index contributed by atoms with van der Waals surface area (Å²) in [6.07, 6.45) is 0. The van der Waals surface area contributed by atoms with E-state index in [2.05, 4.69) is 18.4 Å². The number of allylic oxidation sites excluding steroid dienone is 1. The Morgan fingerprint density at radius 3 is 2.45 bits per heavy atom. The number of benzene rings is 1. The van der Waals surface area contributed by atoms with Crippen LogP contribution in [0.3, 0.4) is 0 Å². The van der Waals surface area contributed by atoms with Gasteiger partial charge in [-0.1, -0.05) is 24.1 Å². The van der Waals surface area contributed by atoms with Gasteiger partial charge in [0.15, 0.2) is 5.76 Å². The Labute approximate surface area is 66.0 Å². The largest absolute Gasteiger partial charge is 0.501 e. The van der Waals surface area contributed by atoms with E-state index in [-0.39, 0.29) is 5.76 Å². The average molecular weight is 144 g/mol. The summed E-state index contributed by atoms with van der Waals surface area (Å²) >= 11 is 0. The minimum absolute atomic E-state index is 0.103. The van der Waals surface area contributed by atoms with Gasteiger partial charge >= 0.3 is 0 Å². The van der Waals surface area contributed by atoms with Crippen molar-refractivity contribution in [3.8, 4) is 11.8 Å². The van der Waals surface area contributed by atoms with E-state index in [0.717, 1.165) is 5.56 Å². The molecular weight excluding hydrogens is 136 g/mol. The van der Waals surface area contributed by atoms with Crippen molar-refractivity contribution in [2.24, 2.45) is 0 Å². The predicted molar refractivity (Wildman–Crippen MR) is 45.1 cm³/mol. The fourth-order valence-corrected chi connectivity index (χ4v) is 0.666. The van der Waals surface area contributed by atoms with E-state index < -0.39 is 0 Å². The summed E-state index contributed by atoms with van der Waals surface area (Å²) in [5, 5.41) is 8.65. The lowest BCUT2D eigenvalue weighted by atomic mass is 10.2. The summed E-state index contributed by atoms with van der Waals surface area (Å²) in [6.45, 7) is 3.25. The standard InChI is InChI=1S/C10H8O/c1-9(11)7-8-10-5-3-2-4-6-10/h2-6,11H,1H2. The molecule has 0 saturated carbocycles. The molecule has 0 aliphatic rings. The van der Waals surface area contributed by atoms with E-state index >= 15 is 0 Å². The molecule has 0 aliphatic carbocycles. The fraction of sp³-hybridized carbons (Fsp3) is 0. The molecular formula is C10H8O. The average Bonchev–Trinajstić information content (AvgIpc) is 2.03. The van der Waals surface area contributed by atoms with E-state index in [1.807, 2.05) is 30.3 Å². The monoisotopic (exact) mass is 144 g/mol. The minimum atomic E-state index is -0.103. The number of hydrogen-bond acceptors (Lipinski definition) is 1. The van der Waals surface area contributed by atoms with Crippen molar-refractivity contribution in [2.45, 2.75) is 0 Å². The van der Waals surface area contributed by atoms with Crippen molar-refractivity contribution in [1.82, 2.24) is 0 Å². The Kier molecular flexibility index (Phi) is 2.35. The van der Waals surface area contributed by atoms with Crippen molar-refractivity contribution in [3.63, 3.8) is 0 Å². The number of aliphatic hydroxyl groups excluding tert-OH is 1. The zero-order chi connectivity index (χ0) is 8.10. The van der Waals surface area contributed by atoms with Crippen LogP contribution >= 0.6 is 0 Å². The van der Waals surface area contributed by atoms with E-state index in [4.69, 9.17) is 5.11 Å². The van der Waals surface area contributed by atoms with Crippen LogP contribution in [0.25, 0.3) is 0 Å². The molecule has 0 aromatic heterocycles. The Balaban J connectivity index is 2.83. The fourth-order valence-electron chi connectivity index (χ4n) is 0.666. The van der Waals surface area contributed by atoms with Gasteiger partial charge in [0.2, 0.25) is 0 Å². The van der Waals surface area contributed by atoms with Gasteiger partial charge in [0, 0.05) is 5.56 Å². The third-order valence-electron chi connectivity index (χ3n) is 1.12. The molecule has 0 aliphatic heterocycles. The molecule has 11 heavy (non-hydrogen) atoms. The highest BCUT2D eigenvalue weighted by Crippen LogP contribution is 1.94. The number of hydrogen-bond donors (Lipinski definition) is 1. The van der Waals surface area contributed by atoms with Crippen LogP contribution in [0.2, 0.25) is 0 Å². The van der Waals surface area contributed by atoms with E-state index in [1.54, 1.807) is 0 Å². The van der Waals surface area contributed by atoms with Crippen molar-refractivity contribution >= 4 is 0 Å². The van der Waals surface area contributed by atoms with Crippen LogP contribution in [0.1, 0.15) is 5.56 Å². The van der Waals surface area contributed by atoms with Gasteiger partial charge in [0.1, 0.15) is 0 Å². The van der Waals surface area contributed by atoms with Gasteiger partial charge in [-0.3, -0.25) is 0 Å². The lowest BCUT2D eigenvalue weighted by Gasteiger charge is -1.85. The zero-order valence-corrected chi connectivity index (χ0v) is 6.04. The Hall–Kier alpha value is -1.68. The molecule has 1 nitrogen and oxygen atoms in total. The third kappa shape index (κ3) is 2.59. The Bertz CT molecular complexity index is 301. The summed E-state index contributed by atoms with van der Waals surface area (Å²) in [7, 11) is 0. The maximum atomic E-state index is 8.65. The van der Waals surface area contributed by atoms with E-state index in [9.17, 15) is 0 Å². The Morgan fingerprint density at radius 1 is 1.27 bits per heavy atom. The molecule has 1 heteroatoms. The second-order valence-corrected chi connectivity index (χ2v) is 2.06. The molecule has 0 unspecified atom stereocenters. The first kappa shape index (κ1) is 7.43. The SMILES string of the molecule is C=C(O)C#Cc1ccccc1. The van der Waals surface area contributed by atoms with Crippen LogP contribution in [0.15, 0.2) is 42.7 Å². The molecule has 0 atom stereocenters. The van der Waals surface area contributed by atoms with Crippen molar-refractivity contribution in [3.05, 3.63) is 48.2 Å². The summed E-state index contributed by atoms with van der Waals surface area (Å²) in [5.74, 6) is 5.11. The highest BCUT2D eigenvalue weighted by Gasteiger charge is 1.80. The molecule has 1 N–H and O–H groups in total. The summed E-state index contributed by atoms with van der Waals surface area (Å²) < 4.78 is 0. The molecule has 1 aromatic rings. The van der Waals surface area contributed by atoms with Crippen LogP contribution in [0, 0.1) is 11.8 Å². The highest BCUT2D eigenvalue weighted by molar-refractivity contribution is 5.37. The van der Waals surface area contributed by atoms with Gasteiger partial charge in [-0.15, -0.1) is 0 Å². The van der Waals surface area contributed by atoms with Crippen LogP contribution in [-0.4, -0.2) is 5.11 Å². The lowest BCUT2D eigenvalue weighted by molar-refractivity contribution is 0.441. The highest BCUT2D eigenvalue weighted by atomic mass is 16.3. The predicted octanol–water partition coefficient (Wildman–Crippen LogP) is 2.11. The van der Waals surface area contributed by atoms with Crippen LogP contribution in [0.5, 0.6) is 0 Å². The van der Waals surface area contributed by atoms with Gasteiger partial charge in [-0.25, -0.2) is 0 Å². The van der Waals surface area contributed by atoms with Gasteiger partial charge in [0.25, 0.3) is 0 Å². The number of rotatable bonds is 0. The van der Waals surface area contributed by atoms with Crippen molar-refractivity contribution in [1.29, 1.82) is 0 Å². The van der Waals surface area contributed by atoms with Crippen LogP contribution in [-0.2, 0) is 0 Å². The van der Waals surface area contributed by atoms with Gasteiger partial charge in [-0.2, -0.15) is 0 Å². The molecule has 0 fully saturated rings. The first-order valence-corrected chi connectivity index (χ1v) is 3.24. The third-order valence-corrected chi connectivity index (χ3v) is 1.12. The second-order valence-electron chi connectivity index (χ2n) is 2.06. The van der Waals surface area contributed by atoms with E-state index in [1.165, 1.54) is 0 Å². The molecule has 1 rings (SSSR count). The first-order chi connectivity index (χ1) is 5.29. The molecule has 0 amide bonds. The van der Waals surface area contributed by atoms with E-state index in [0.29, 0.717) is 0 Å². The molecule has 0 spiro atoms. The Morgan fingerprint density at radius 2 is 1.91 bits per heavy atom.